The van der Waals surface area contributed by atoms with Crippen LogP contribution in [0, 0.1) is 13.8 Å². The van der Waals surface area contributed by atoms with E-state index >= 15 is 0 Å². The molecule has 0 radical (unpaired) electrons. The van der Waals surface area contributed by atoms with Crippen molar-refractivity contribution < 1.29 is 9.53 Å². The lowest BCUT2D eigenvalue weighted by Gasteiger charge is -2.13. The average Bonchev–Trinajstić information content (AvgIpc) is 2.39. The summed E-state index contributed by atoms with van der Waals surface area (Å²) in [6.45, 7) is 4.03. The highest BCUT2D eigenvalue weighted by Crippen LogP contribution is 2.29. The number of aryl methyl sites for hydroxylation is 2. The van der Waals surface area contributed by atoms with Crippen molar-refractivity contribution in [3.63, 3.8) is 0 Å². The van der Waals surface area contributed by atoms with Gasteiger partial charge >= 0.3 is 0 Å². The summed E-state index contributed by atoms with van der Waals surface area (Å²) in [5.74, 6) is 1.21. The molecular weight excluding hydrogens is 264 g/mol. The lowest BCUT2D eigenvalue weighted by molar-refractivity contribution is 0.0827. The van der Waals surface area contributed by atoms with E-state index in [0.29, 0.717) is 17.0 Å². The number of carbonyl (C=O) groups is 1. The quantitative estimate of drug-likeness (QED) is 0.879. The topological polar surface area (TPSA) is 55.6 Å². The molecule has 0 aliphatic carbocycles. The van der Waals surface area contributed by atoms with Gasteiger partial charge in [0.1, 0.15) is 11.5 Å². The number of ether oxygens (including phenoxy) is 1. The van der Waals surface area contributed by atoms with E-state index in [1.54, 1.807) is 32.3 Å². The van der Waals surface area contributed by atoms with Crippen LogP contribution in [0.25, 0.3) is 0 Å². The molecule has 0 saturated heterocycles. The number of benzene rings is 2. The molecule has 2 aromatic rings. The average molecular weight is 284 g/mol. The van der Waals surface area contributed by atoms with Crippen LogP contribution < -0.4 is 10.5 Å². The first-order valence-electron chi connectivity index (χ1n) is 6.74. The van der Waals surface area contributed by atoms with E-state index in [1.807, 2.05) is 26.0 Å². The Morgan fingerprint density at radius 3 is 2.19 bits per heavy atom. The van der Waals surface area contributed by atoms with Crippen molar-refractivity contribution in [3.8, 4) is 11.5 Å². The molecule has 0 aliphatic heterocycles. The molecule has 0 fully saturated rings. The summed E-state index contributed by atoms with van der Waals surface area (Å²) in [6.07, 6.45) is 0. The highest BCUT2D eigenvalue weighted by atomic mass is 16.5. The van der Waals surface area contributed by atoms with E-state index in [-0.39, 0.29) is 5.91 Å². The maximum atomic E-state index is 11.9. The Balaban J connectivity index is 2.27. The molecule has 0 aromatic heterocycles. The van der Waals surface area contributed by atoms with Gasteiger partial charge in [0.2, 0.25) is 0 Å². The summed E-state index contributed by atoms with van der Waals surface area (Å²) in [5.41, 5.74) is 9.24. The Kier molecular flexibility index (Phi) is 4.17. The monoisotopic (exact) mass is 284 g/mol. The first-order chi connectivity index (χ1) is 9.86. The number of hydrogen-bond donors (Lipinski definition) is 1. The lowest BCUT2D eigenvalue weighted by Crippen LogP contribution is -2.21. The van der Waals surface area contributed by atoms with Crippen molar-refractivity contribution in [1.29, 1.82) is 0 Å². The molecule has 2 aromatic carbocycles. The molecule has 110 valence electrons. The van der Waals surface area contributed by atoms with Gasteiger partial charge < -0.3 is 15.4 Å². The SMILES string of the molecule is Cc1cc(C)cc(Oc2ccc(C(=O)N(C)C)cc2N)c1. The lowest BCUT2D eigenvalue weighted by atomic mass is 10.1. The Bertz CT molecular complexity index is 658. The van der Waals surface area contributed by atoms with Crippen LogP contribution in [0.4, 0.5) is 5.69 Å². The third-order valence-electron chi connectivity index (χ3n) is 3.09. The van der Waals surface area contributed by atoms with Crippen molar-refractivity contribution in [2.24, 2.45) is 0 Å². The second-order valence-corrected chi connectivity index (χ2v) is 5.38. The zero-order chi connectivity index (χ0) is 15.6. The summed E-state index contributed by atoms with van der Waals surface area (Å²) >= 11 is 0. The van der Waals surface area contributed by atoms with Gasteiger partial charge in [-0.3, -0.25) is 4.79 Å². The molecule has 4 heteroatoms. The van der Waals surface area contributed by atoms with Gasteiger partial charge in [-0.05, 0) is 55.3 Å². The second kappa shape index (κ2) is 5.87. The van der Waals surface area contributed by atoms with Crippen LogP contribution in [-0.2, 0) is 0 Å². The predicted octanol–water partition coefficient (Wildman–Crippen LogP) is 3.38. The molecule has 4 nitrogen and oxygen atoms in total. The van der Waals surface area contributed by atoms with Crippen molar-refractivity contribution in [2.75, 3.05) is 19.8 Å². The molecule has 0 unspecified atom stereocenters. The van der Waals surface area contributed by atoms with E-state index in [1.165, 1.54) is 4.90 Å². The fourth-order valence-electron chi connectivity index (χ4n) is 2.15. The Morgan fingerprint density at radius 1 is 1.05 bits per heavy atom. The Morgan fingerprint density at radius 2 is 1.67 bits per heavy atom. The number of rotatable bonds is 3. The van der Waals surface area contributed by atoms with E-state index in [4.69, 9.17) is 10.5 Å². The number of nitrogen functional groups attached to an aromatic ring is 1. The van der Waals surface area contributed by atoms with Crippen molar-refractivity contribution in [1.82, 2.24) is 4.90 Å². The largest absolute Gasteiger partial charge is 0.455 e. The Labute approximate surface area is 125 Å². The summed E-state index contributed by atoms with van der Waals surface area (Å²) < 4.78 is 5.82. The number of anilines is 1. The maximum absolute atomic E-state index is 11.9. The van der Waals surface area contributed by atoms with Crippen LogP contribution in [0.3, 0.4) is 0 Å². The van der Waals surface area contributed by atoms with E-state index in [9.17, 15) is 4.79 Å². The molecule has 21 heavy (non-hydrogen) atoms. The fourth-order valence-corrected chi connectivity index (χ4v) is 2.15. The number of carbonyl (C=O) groups excluding carboxylic acids is 1. The van der Waals surface area contributed by atoms with Crippen LogP contribution in [0.1, 0.15) is 21.5 Å². The molecule has 0 heterocycles. The predicted molar refractivity (Wildman–Crippen MR) is 84.9 cm³/mol. The van der Waals surface area contributed by atoms with Gasteiger partial charge in [-0.2, -0.15) is 0 Å². The van der Waals surface area contributed by atoms with Crippen LogP contribution >= 0.6 is 0 Å². The normalized spacial score (nSPS) is 10.3. The minimum atomic E-state index is -0.0837. The van der Waals surface area contributed by atoms with Crippen molar-refractivity contribution >= 4 is 11.6 Å². The minimum Gasteiger partial charge on any atom is -0.455 e. The molecule has 0 saturated carbocycles. The molecule has 0 bridgehead atoms. The summed E-state index contributed by atoms with van der Waals surface area (Å²) in [7, 11) is 3.41. The van der Waals surface area contributed by atoms with Gasteiger partial charge in [0.05, 0.1) is 5.69 Å². The molecule has 0 atom stereocenters. The van der Waals surface area contributed by atoms with Crippen LogP contribution in [0.2, 0.25) is 0 Å². The fraction of sp³-hybridized carbons (Fsp3) is 0.235. The Hall–Kier alpha value is -2.49. The summed E-state index contributed by atoms with van der Waals surface area (Å²) in [4.78, 5) is 13.4. The standard InChI is InChI=1S/C17H20N2O2/c1-11-7-12(2)9-14(8-11)21-16-6-5-13(10-15(16)18)17(20)19(3)4/h5-10H,18H2,1-4H3. The minimum absolute atomic E-state index is 0.0837. The molecule has 1 amide bonds. The van der Waals surface area contributed by atoms with Gasteiger partial charge in [-0.15, -0.1) is 0 Å². The van der Waals surface area contributed by atoms with Gasteiger partial charge in [0, 0.05) is 19.7 Å². The molecule has 0 spiro atoms. The zero-order valence-electron chi connectivity index (χ0n) is 12.8. The number of nitrogens with zero attached hydrogens (tertiary/aromatic N) is 1. The van der Waals surface area contributed by atoms with Crippen LogP contribution in [0.5, 0.6) is 11.5 Å². The van der Waals surface area contributed by atoms with E-state index < -0.39 is 0 Å². The third-order valence-corrected chi connectivity index (χ3v) is 3.09. The molecule has 2 N–H and O–H groups in total. The number of nitrogens with two attached hydrogens (primary N) is 1. The van der Waals surface area contributed by atoms with Crippen molar-refractivity contribution in [3.05, 3.63) is 53.1 Å². The second-order valence-electron chi connectivity index (χ2n) is 5.38. The van der Waals surface area contributed by atoms with Crippen molar-refractivity contribution in [2.45, 2.75) is 13.8 Å². The maximum Gasteiger partial charge on any atom is 0.253 e. The smallest absolute Gasteiger partial charge is 0.253 e. The number of amides is 1. The highest BCUT2D eigenvalue weighted by molar-refractivity contribution is 5.95. The zero-order valence-corrected chi connectivity index (χ0v) is 12.8. The van der Waals surface area contributed by atoms with Gasteiger partial charge in [0.25, 0.3) is 5.91 Å². The van der Waals surface area contributed by atoms with Crippen LogP contribution in [-0.4, -0.2) is 24.9 Å². The molecular formula is C17H20N2O2. The van der Waals surface area contributed by atoms with Gasteiger partial charge in [-0.25, -0.2) is 0 Å². The first kappa shape index (κ1) is 14.9. The van der Waals surface area contributed by atoms with E-state index in [0.717, 1.165) is 16.9 Å². The third kappa shape index (κ3) is 3.54. The first-order valence-corrected chi connectivity index (χ1v) is 6.74. The van der Waals surface area contributed by atoms with Gasteiger partial charge in [-0.1, -0.05) is 6.07 Å². The van der Waals surface area contributed by atoms with Gasteiger partial charge in [0.15, 0.2) is 0 Å². The van der Waals surface area contributed by atoms with Crippen LogP contribution in [0.15, 0.2) is 36.4 Å². The highest BCUT2D eigenvalue weighted by Gasteiger charge is 2.11. The summed E-state index contributed by atoms with van der Waals surface area (Å²) in [5, 5.41) is 0. The number of hydrogen-bond acceptors (Lipinski definition) is 3. The van der Waals surface area contributed by atoms with E-state index in [2.05, 4.69) is 6.07 Å². The summed E-state index contributed by atoms with van der Waals surface area (Å²) in [6, 6.07) is 11.1. The molecule has 0 aliphatic rings. The molecule has 2 rings (SSSR count).